The van der Waals surface area contributed by atoms with Crippen molar-refractivity contribution in [1.29, 1.82) is 0 Å². The highest BCUT2D eigenvalue weighted by Gasteiger charge is 2.22. The van der Waals surface area contributed by atoms with Crippen LogP contribution in [-0.4, -0.2) is 27.8 Å². The number of benzene rings is 1. The third-order valence-electron chi connectivity index (χ3n) is 3.45. The van der Waals surface area contributed by atoms with Crippen molar-refractivity contribution in [3.63, 3.8) is 0 Å². The first kappa shape index (κ1) is 14.4. The lowest BCUT2D eigenvalue weighted by Gasteiger charge is -2.23. The van der Waals surface area contributed by atoms with Gasteiger partial charge in [-0.3, -0.25) is 0 Å². The molecule has 0 atom stereocenters. The molecule has 2 rings (SSSR count). The lowest BCUT2D eigenvalue weighted by Crippen LogP contribution is -2.29. The monoisotopic (exact) mass is 289 g/mol. The maximum absolute atomic E-state index is 14.1. The van der Waals surface area contributed by atoms with Crippen molar-refractivity contribution in [1.82, 2.24) is 5.32 Å². The summed E-state index contributed by atoms with van der Waals surface area (Å²) in [6, 6.07) is 1.85. The van der Waals surface area contributed by atoms with Crippen molar-refractivity contribution < 1.29 is 17.2 Å². The molecular weight excluding hydrogens is 272 g/mol. The molecule has 106 valence electrons. The number of sulfone groups is 1. The lowest BCUT2D eigenvalue weighted by atomic mass is 9.91. The lowest BCUT2D eigenvalue weighted by molar-refractivity contribution is 0.366. The van der Waals surface area contributed by atoms with Gasteiger partial charge in [-0.2, -0.15) is 0 Å². The second-order valence-electron chi connectivity index (χ2n) is 5.05. The third kappa shape index (κ3) is 3.51. The zero-order valence-electron chi connectivity index (χ0n) is 10.7. The maximum atomic E-state index is 14.1. The van der Waals surface area contributed by atoms with E-state index in [4.69, 9.17) is 0 Å². The Morgan fingerprint density at radius 2 is 1.89 bits per heavy atom. The fourth-order valence-electron chi connectivity index (χ4n) is 2.43. The second kappa shape index (κ2) is 5.54. The smallest absolute Gasteiger partial charge is 0.178 e. The largest absolute Gasteiger partial charge is 0.317 e. The van der Waals surface area contributed by atoms with Crippen molar-refractivity contribution in [3.8, 4) is 0 Å². The first-order valence-electron chi connectivity index (χ1n) is 6.26. The van der Waals surface area contributed by atoms with Gasteiger partial charge in [-0.05, 0) is 56.0 Å². The van der Waals surface area contributed by atoms with E-state index < -0.39 is 26.4 Å². The van der Waals surface area contributed by atoms with E-state index in [-0.39, 0.29) is 11.5 Å². The third-order valence-corrected chi connectivity index (χ3v) is 4.54. The molecule has 0 spiro atoms. The Morgan fingerprint density at radius 1 is 1.26 bits per heavy atom. The summed E-state index contributed by atoms with van der Waals surface area (Å²) >= 11 is 0. The van der Waals surface area contributed by atoms with Gasteiger partial charge in [0.1, 0.15) is 16.5 Å². The molecule has 1 aromatic carbocycles. The molecule has 0 aliphatic carbocycles. The van der Waals surface area contributed by atoms with Gasteiger partial charge in [0.05, 0.1) is 0 Å². The Balaban J connectivity index is 2.32. The van der Waals surface area contributed by atoms with Crippen molar-refractivity contribution >= 4 is 9.84 Å². The van der Waals surface area contributed by atoms with E-state index >= 15 is 0 Å². The van der Waals surface area contributed by atoms with Crippen LogP contribution in [0, 0.1) is 17.6 Å². The molecule has 1 fully saturated rings. The van der Waals surface area contributed by atoms with Crippen LogP contribution in [0.4, 0.5) is 8.78 Å². The van der Waals surface area contributed by atoms with Crippen LogP contribution in [0.3, 0.4) is 0 Å². The van der Waals surface area contributed by atoms with Crippen LogP contribution in [0.25, 0.3) is 0 Å². The van der Waals surface area contributed by atoms with Crippen LogP contribution in [0.5, 0.6) is 0 Å². The first-order valence-corrected chi connectivity index (χ1v) is 8.16. The molecule has 1 aliphatic rings. The molecule has 0 amide bonds. The SMILES string of the molecule is CS(=O)(=O)c1cc(F)cc(CC2CCNCC2)c1F. The highest BCUT2D eigenvalue weighted by Crippen LogP contribution is 2.25. The van der Waals surface area contributed by atoms with E-state index in [0.29, 0.717) is 6.42 Å². The fraction of sp³-hybridized carbons (Fsp3) is 0.538. The maximum Gasteiger partial charge on any atom is 0.178 e. The highest BCUT2D eigenvalue weighted by molar-refractivity contribution is 7.90. The number of halogens is 2. The van der Waals surface area contributed by atoms with Gasteiger partial charge in [-0.1, -0.05) is 0 Å². The van der Waals surface area contributed by atoms with Gasteiger partial charge in [-0.25, -0.2) is 17.2 Å². The highest BCUT2D eigenvalue weighted by atomic mass is 32.2. The van der Waals surface area contributed by atoms with Gasteiger partial charge < -0.3 is 5.32 Å². The van der Waals surface area contributed by atoms with Crippen molar-refractivity contribution in [3.05, 3.63) is 29.3 Å². The van der Waals surface area contributed by atoms with Crippen LogP contribution in [0.15, 0.2) is 17.0 Å². The van der Waals surface area contributed by atoms with Crippen molar-refractivity contribution in [2.75, 3.05) is 19.3 Å². The summed E-state index contributed by atoms with van der Waals surface area (Å²) in [4.78, 5) is -0.545. The molecule has 3 nitrogen and oxygen atoms in total. The summed E-state index contributed by atoms with van der Waals surface area (Å²) in [7, 11) is -3.75. The molecule has 1 aromatic rings. The number of nitrogens with one attached hydrogen (secondary N) is 1. The van der Waals surface area contributed by atoms with Crippen LogP contribution in [-0.2, 0) is 16.3 Å². The van der Waals surface area contributed by atoms with Gasteiger partial charge in [0.2, 0.25) is 0 Å². The zero-order chi connectivity index (χ0) is 14.0. The van der Waals surface area contributed by atoms with Crippen molar-refractivity contribution in [2.45, 2.75) is 24.2 Å². The van der Waals surface area contributed by atoms with E-state index in [2.05, 4.69) is 5.32 Å². The molecular formula is C13H17F2NO2S. The molecule has 0 unspecified atom stereocenters. The molecule has 0 aromatic heterocycles. The minimum atomic E-state index is -3.75. The topological polar surface area (TPSA) is 46.2 Å². The van der Waals surface area contributed by atoms with Crippen molar-refractivity contribution in [2.24, 2.45) is 5.92 Å². The fourth-order valence-corrected chi connectivity index (χ4v) is 3.22. The molecule has 6 heteroatoms. The zero-order valence-corrected chi connectivity index (χ0v) is 11.6. The Hall–Kier alpha value is -1.01. The molecule has 1 heterocycles. The first-order chi connectivity index (χ1) is 8.88. The Bertz CT molecular complexity index is 566. The van der Waals surface area contributed by atoms with E-state index in [9.17, 15) is 17.2 Å². The summed E-state index contributed by atoms with van der Waals surface area (Å²) < 4.78 is 50.5. The van der Waals surface area contributed by atoms with Crippen LogP contribution in [0.1, 0.15) is 18.4 Å². The summed E-state index contributed by atoms with van der Waals surface area (Å²) in [5.41, 5.74) is 0.160. The van der Waals surface area contributed by atoms with Gasteiger partial charge in [0.15, 0.2) is 9.84 Å². The standard InChI is InChI=1S/C13H17F2NO2S/c1-19(17,18)12-8-11(14)7-10(13(12)15)6-9-2-4-16-5-3-9/h7-9,16H,2-6H2,1H3. The Kier molecular flexibility index (Phi) is 4.20. The van der Waals surface area contributed by atoms with Gasteiger partial charge in [0, 0.05) is 6.26 Å². The number of hydrogen-bond acceptors (Lipinski definition) is 3. The van der Waals surface area contributed by atoms with E-state index in [1.54, 1.807) is 0 Å². The average Bonchev–Trinajstić information content (AvgIpc) is 2.33. The molecule has 0 saturated carbocycles. The second-order valence-corrected chi connectivity index (χ2v) is 7.03. The van der Waals surface area contributed by atoms with Gasteiger partial charge in [-0.15, -0.1) is 0 Å². The summed E-state index contributed by atoms with van der Waals surface area (Å²) in [6.45, 7) is 1.72. The number of rotatable bonds is 3. The molecule has 1 aliphatic heterocycles. The molecule has 0 bridgehead atoms. The molecule has 19 heavy (non-hydrogen) atoms. The van der Waals surface area contributed by atoms with Crippen LogP contribution >= 0.6 is 0 Å². The predicted molar refractivity (Wildman–Crippen MR) is 68.8 cm³/mol. The van der Waals surface area contributed by atoms with E-state index in [1.807, 2.05) is 0 Å². The summed E-state index contributed by atoms with van der Waals surface area (Å²) in [5.74, 6) is -1.24. The summed E-state index contributed by atoms with van der Waals surface area (Å²) in [5, 5.41) is 3.20. The number of piperidine rings is 1. The molecule has 0 radical (unpaired) electrons. The minimum absolute atomic E-state index is 0.160. The van der Waals surface area contributed by atoms with E-state index in [0.717, 1.165) is 44.3 Å². The van der Waals surface area contributed by atoms with E-state index in [1.165, 1.54) is 0 Å². The summed E-state index contributed by atoms with van der Waals surface area (Å²) in [6.07, 6.45) is 3.06. The molecule has 1 N–H and O–H groups in total. The average molecular weight is 289 g/mol. The molecule has 1 saturated heterocycles. The minimum Gasteiger partial charge on any atom is -0.317 e. The normalized spacial score (nSPS) is 17.6. The Labute approximate surface area is 111 Å². The van der Waals surface area contributed by atoms with Crippen LogP contribution < -0.4 is 5.32 Å². The quantitative estimate of drug-likeness (QED) is 0.924. The van der Waals surface area contributed by atoms with Gasteiger partial charge >= 0.3 is 0 Å². The predicted octanol–water partition coefficient (Wildman–Crippen LogP) is 1.91. The van der Waals surface area contributed by atoms with Crippen LogP contribution in [0.2, 0.25) is 0 Å². The number of hydrogen-bond donors (Lipinski definition) is 1. The van der Waals surface area contributed by atoms with Gasteiger partial charge in [0.25, 0.3) is 0 Å². The Morgan fingerprint density at radius 3 is 2.47 bits per heavy atom.